The van der Waals surface area contributed by atoms with Crippen molar-refractivity contribution in [1.82, 2.24) is 10.6 Å². The molecular formula is C17H32N2O3. The van der Waals surface area contributed by atoms with Gasteiger partial charge in [0.1, 0.15) is 0 Å². The maximum Gasteiger partial charge on any atom is 0.315 e. The molecule has 0 bridgehead atoms. The third kappa shape index (κ3) is 6.24. The molecule has 5 heteroatoms. The number of rotatable bonds is 6. The number of carbonyl (C=O) groups is 2. The van der Waals surface area contributed by atoms with Gasteiger partial charge in [-0.25, -0.2) is 4.79 Å². The van der Waals surface area contributed by atoms with Crippen molar-refractivity contribution >= 4 is 12.0 Å². The van der Waals surface area contributed by atoms with Crippen molar-refractivity contribution in [3.63, 3.8) is 0 Å². The first-order valence-corrected chi connectivity index (χ1v) is 8.56. The molecule has 5 nitrogen and oxygen atoms in total. The fourth-order valence-electron chi connectivity index (χ4n) is 3.32. The van der Waals surface area contributed by atoms with Crippen molar-refractivity contribution < 1.29 is 14.3 Å². The lowest BCUT2D eigenvalue weighted by Gasteiger charge is -2.37. The predicted octanol–water partition coefficient (Wildman–Crippen LogP) is 3.09. The van der Waals surface area contributed by atoms with E-state index >= 15 is 0 Å². The van der Waals surface area contributed by atoms with Crippen molar-refractivity contribution in [3.05, 3.63) is 0 Å². The molecule has 4 atom stereocenters. The first-order chi connectivity index (χ1) is 10.3. The Hall–Kier alpha value is -1.26. The van der Waals surface area contributed by atoms with E-state index in [0.717, 1.165) is 6.42 Å². The molecule has 1 aliphatic rings. The minimum atomic E-state index is -0.276. The maximum atomic E-state index is 12.2. The average Bonchev–Trinajstić information content (AvgIpc) is 2.37. The molecule has 1 rings (SSSR count). The summed E-state index contributed by atoms with van der Waals surface area (Å²) < 4.78 is 4.90. The van der Waals surface area contributed by atoms with E-state index in [-0.39, 0.29) is 30.5 Å². The van der Waals surface area contributed by atoms with E-state index < -0.39 is 0 Å². The monoisotopic (exact) mass is 312 g/mol. The zero-order valence-corrected chi connectivity index (χ0v) is 14.6. The van der Waals surface area contributed by atoms with Gasteiger partial charge < -0.3 is 15.4 Å². The summed E-state index contributed by atoms with van der Waals surface area (Å²) in [6.07, 6.45) is 3.64. The normalized spacial score (nSPS) is 26.4. The maximum absolute atomic E-state index is 12.2. The smallest absolute Gasteiger partial charge is 0.315 e. The van der Waals surface area contributed by atoms with Gasteiger partial charge in [-0.1, -0.05) is 27.2 Å². The molecule has 1 fully saturated rings. The van der Waals surface area contributed by atoms with E-state index in [0.29, 0.717) is 24.4 Å². The lowest BCUT2D eigenvalue weighted by atomic mass is 9.74. The lowest BCUT2D eigenvalue weighted by molar-refractivity contribution is -0.143. The van der Waals surface area contributed by atoms with Crippen molar-refractivity contribution in [1.29, 1.82) is 0 Å². The number of urea groups is 1. The number of hydrogen-bond acceptors (Lipinski definition) is 3. The zero-order valence-electron chi connectivity index (χ0n) is 14.6. The minimum absolute atomic E-state index is 0.179. The topological polar surface area (TPSA) is 67.4 Å². The number of carbonyl (C=O) groups excluding carboxylic acids is 2. The third-order valence-electron chi connectivity index (χ3n) is 4.49. The summed E-state index contributed by atoms with van der Waals surface area (Å²) >= 11 is 0. The largest absolute Gasteiger partial charge is 0.466 e. The SMILES string of the molecule is CCOC(=O)CC(C)NC(=O)NC1CC(C)CCC1C(C)C. The van der Waals surface area contributed by atoms with Crippen LogP contribution >= 0.6 is 0 Å². The summed E-state index contributed by atoms with van der Waals surface area (Å²) in [7, 11) is 0. The highest BCUT2D eigenvalue weighted by molar-refractivity contribution is 5.76. The number of ether oxygens (including phenoxy) is 1. The van der Waals surface area contributed by atoms with Crippen LogP contribution in [0.25, 0.3) is 0 Å². The van der Waals surface area contributed by atoms with Gasteiger partial charge in [-0.3, -0.25) is 4.79 Å². The number of esters is 1. The fourth-order valence-corrected chi connectivity index (χ4v) is 3.32. The van der Waals surface area contributed by atoms with Gasteiger partial charge in [-0.15, -0.1) is 0 Å². The van der Waals surface area contributed by atoms with Crippen LogP contribution in [0.3, 0.4) is 0 Å². The average molecular weight is 312 g/mol. The van der Waals surface area contributed by atoms with Crippen LogP contribution in [0.15, 0.2) is 0 Å². The molecule has 1 aliphatic carbocycles. The number of amides is 2. The molecular weight excluding hydrogens is 280 g/mol. The van der Waals surface area contributed by atoms with Crippen LogP contribution in [0.2, 0.25) is 0 Å². The lowest BCUT2D eigenvalue weighted by Crippen LogP contribution is -2.51. The van der Waals surface area contributed by atoms with E-state index in [2.05, 4.69) is 31.4 Å². The molecule has 1 saturated carbocycles. The molecule has 4 unspecified atom stereocenters. The van der Waals surface area contributed by atoms with Crippen molar-refractivity contribution in [3.8, 4) is 0 Å². The highest BCUT2D eigenvalue weighted by atomic mass is 16.5. The van der Waals surface area contributed by atoms with Gasteiger partial charge in [0.2, 0.25) is 0 Å². The molecule has 0 saturated heterocycles. The molecule has 2 N–H and O–H groups in total. The molecule has 0 aromatic heterocycles. The zero-order chi connectivity index (χ0) is 16.7. The summed E-state index contributed by atoms with van der Waals surface area (Å²) in [6.45, 7) is 10.6. The molecule has 22 heavy (non-hydrogen) atoms. The molecule has 0 aromatic rings. The van der Waals surface area contributed by atoms with Gasteiger partial charge in [-0.2, -0.15) is 0 Å². The summed E-state index contributed by atoms with van der Waals surface area (Å²) in [4.78, 5) is 23.6. The molecule has 0 aromatic carbocycles. The van der Waals surface area contributed by atoms with Crippen LogP contribution in [-0.4, -0.2) is 30.7 Å². The van der Waals surface area contributed by atoms with Gasteiger partial charge in [0.05, 0.1) is 13.0 Å². The summed E-state index contributed by atoms with van der Waals surface area (Å²) in [5.41, 5.74) is 0. The first-order valence-electron chi connectivity index (χ1n) is 8.56. The number of hydrogen-bond donors (Lipinski definition) is 2. The second kappa shape index (κ2) is 9.01. The minimum Gasteiger partial charge on any atom is -0.466 e. The first kappa shape index (κ1) is 18.8. The Bertz CT molecular complexity index is 371. The van der Waals surface area contributed by atoms with Crippen molar-refractivity contribution in [2.75, 3.05) is 6.61 Å². The van der Waals surface area contributed by atoms with E-state index in [9.17, 15) is 9.59 Å². The highest BCUT2D eigenvalue weighted by Gasteiger charge is 2.31. The summed E-state index contributed by atoms with van der Waals surface area (Å²) in [5.74, 6) is 1.47. The van der Waals surface area contributed by atoms with Gasteiger partial charge in [0.15, 0.2) is 0 Å². The molecule has 128 valence electrons. The molecule has 0 radical (unpaired) electrons. The van der Waals surface area contributed by atoms with E-state index in [1.165, 1.54) is 12.8 Å². The standard InChI is InChI=1S/C17H32N2O3/c1-6-22-16(20)10-13(5)18-17(21)19-15-9-12(4)7-8-14(15)11(2)3/h11-15H,6-10H2,1-5H3,(H2,18,19,21). The number of nitrogens with one attached hydrogen (secondary N) is 2. The van der Waals surface area contributed by atoms with Gasteiger partial charge >= 0.3 is 12.0 Å². The van der Waals surface area contributed by atoms with Crippen molar-refractivity contribution in [2.24, 2.45) is 17.8 Å². The Morgan fingerprint density at radius 2 is 1.91 bits per heavy atom. The van der Waals surface area contributed by atoms with Crippen LogP contribution < -0.4 is 10.6 Å². The quantitative estimate of drug-likeness (QED) is 0.741. The van der Waals surface area contributed by atoms with Gasteiger partial charge in [-0.05, 0) is 44.4 Å². The van der Waals surface area contributed by atoms with Gasteiger partial charge in [0, 0.05) is 12.1 Å². The van der Waals surface area contributed by atoms with E-state index in [4.69, 9.17) is 4.74 Å². The van der Waals surface area contributed by atoms with Crippen LogP contribution in [0.5, 0.6) is 0 Å². The van der Waals surface area contributed by atoms with E-state index in [1.54, 1.807) is 6.92 Å². The second-order valence-electron chi connectivity index (χ2n) is 6.96. The Morgan fingerprint density at radius 1 is 1.23 bits per heavy atom. The Balaban J connectivity index is 2.46. The van der Waals surface area contributed by atoms with Crippen LogP contribution in [-0.2, 0) is 9.53 Å². The summed E-state index contributed by atoms with van der Waals surface area (Å²) in [5, 5.41) is 5.95. The van der Waals surface area contributed by atoms with Crippen LogP contribution in [0, 0.1) is 17.8 Å². The summed E-state index contributed by atoms with van der Waals surface area (Å²) in [6, 6.07) is -0.183. The Labute approximate surface area is 134 Å². The Kier molecular flexibility index (Phi) is 7.69. The molecule has 0 aliphatic heterocycles. The van der Waals surface area contributed by atoms with E-state index in [1.807, 2.05) is 6.92 Å². The van der Waals surface area contributed by atoms with Gasteiger partial charge in [0.25, 0.3) is 0 Å². The van der Waals surface area contributed by atoms with Crippen LogP contribution in [0.1, 0.15) is 60.3 Å². The Morgan fingerprint density at radius 3 is 2.50 bits per heavy atom. The second-order valence-corrected chi connectivity index (χ2v) is 6.96. The third-order valence-corrected chi connectivity index (χ3v) is 4.49. The molecule has 2 amide bonds. The van der Waals surface area contributed by atoms with Crippen LogP contribution in [0.4, 0.5) is 4.79 Å². The van der Waals surface area contributed by atoms with Crippen molar-refractivity contribution in [2.45, 2.75) is 72.4 Å². The molecule has 0 spiro atoms. The molecule has 0 heterocycles. The predicted molar refractivity (Wildman–Crippen MR) is 87.5 cm³/mol. The fraction of sp³-hybridized carbons (Fsp3) is 0.882. The highest BCUT2D eigenvalue weighted by Crippen LogP contribution is 2.33.